The molecule has 0 aromatic heterocycles. The topological polar surface area (TPSA) is 30.5 Å². The molecule has 1 rings (SSSR count). The molecule has 0 aliphatic heterocycles. The van der Waals surface area contributed by atoms with Crippen LogP contribution in [0.3, 0.4) is 0 Å². The number of methoxy groups -OCH3 is 1. The van der Waals surface area contributed by atoms with E-state index in [0.29, 0.717) is 12.6 Å². The highest BCUT2D eigenvalue weighted by Gasteiger charge is 2.18. The van der Waals surface area contributed by atoms with Gasteiger partial charge >= 0.3 is 0 Å². The van der Waals surface area contributed by atoms with Crippen LogP contribution in [0.1, 0.15) is 51.3 Å². The maximum Gasteiger partial charge on any atom is 0.0949 e. The maximum atomic E-state index is 6.11. The van der Waals surface area contributed by atoms with Gasteiger partial charge in [0.05, 0.1) is 18.3 Å². The fourth-order valence-electron chi connectivity index (χ4n) is 1.95. The van der Waals surface area contributed by atoms with Gasteiger partial charge < -0.3 is 14.8 Å². The molecular formula is C18H31NO2. The Kier molecular flexibility index (Phi) is 7.36. The Morgan fingerprint density at radius 2 is 1.76 bits per heavy atom. The Morgan fingerprint density at radius 1 is 1.14 bits per heavy atom. The third-order valence-corrected chi connectivity index (χ3v) is 3.74. The zero-order valence-electron chi connectivity index (χ0n) is 14.4. The molecule has 0 aliphatic rings. The number of aryl methyl sites for hydroxylation is 1. The molecule has 0 radical (unpaired) electrons. The van der Waals surface area contributed by atoms with Crippen LogP contribution in [0, 0.1) is 6.92 Å². The van der Waals surface area contributed by atoms with Crippen LogP contribution in [0.15, 0.2) is 24.3 Å². The normalized spacial score (nSPS) is 13.7. The van der Waals surface area contributed by atoms with Crippen LogP contribution in [0.4, 0.5) is 0 Å². The highest BCUT2D eigenvalue weighted by atomic mass is 16.5. The van der Waals surface area contributed by atoms with E-state index in [1.165, 1.54) is 11.1 Å². The molecule has 0 amide bonds. The van der Waals surface area contributed by atoms with Gasteiger partial charge in [-0.25, -0.2) is 0 Å². The van der Waals surface area contributed by atoms with E-state index >= 15 is 0 Å². The predicted molar refractivity (Wildman–Crippen MR) is 88.7 cm³/mol. The summed E-state index contributed by atoms with van der Waals surface area (Å²) < 4.78 is 11.6. The molecular weight excluding hydrogens is 262 g/mol. The van der Waals surface area contributed by atoms with E-state index < -0.39 is 0 Å². The largest absolute Gasteiger partial charge is 0.379 e. The first-order chi connectivity index (χ1) is 9.84. The lowest BCUT2D eigenvalue weighted by molar-refractivity contribution is -0.0275. The lowest BCUT2D eigenvalue weighted by atomic mass is 10.1. The van der Waals surface area contributed by atoms with Gasteiger partial charge in [0.25, 0.3) is 0 Å². The minimum absolute atomic E-state index is 0.0839. The third kappa shape index (κ3) is 7.07. The minimum Gasteiger partial charge on any atom is -0.379 e. The minimum atomic E-state index is -0.136. The first kappa shape index (κ1) is 18.1. The molecule has 1 aromatic carbocycles. The van der Waals surface area contributed by atoms with Crippen LogP contribution < -0.4 is 5.32 Å². The number of ether oxygens (including phenoxy) is 2. The summed E-state index contributed by atoms with van der Waals surface area (Å²) in [6, 6.07) is 9.05. The summed E-state index contributed by atoms with van der Waals surface area (Å²) in [7, 11) is 1.75. The van der Waals surface area contributed by atoms with Crippen molar-refractivity contribution in [2.24, 2.45) is 0 Å². The van der Waals surface area contributed by atoms with Gasteiger partial charge in [-0.05, 0) is 32.8 Å². The van der Waals surface area contributed by atoms with Crippen LogP contribution in [0.25, 0.3) is 0 Å². The van der Waals surface area contributed by atoms with Crippen LogP contribution >= 0.6 is 0 Å². The molecule has 1 atom stereocenters. The van der Waals surface area contributed by atoms with Gasteiger partial charge in [-0.2, -0.15) is 0 Å². The molecule has 0 aliphatic carbocycles. The van der Waals surface area contributed by atoms with E-state index in [2.05, 4.69) is 64.2 Å². The molecule has 3 nitrogen and oxygen atoms in total. The smallest absolute Gasteiger partial charge is 0.0949 e. The Hall–Kier alpha value is -0.900. The van der Waals surface area contributed by atoms with Crippen LogP contribution in [-0.4, -0.2) is 31.9 Å². The molecule has 0 heterocycles. The van der Waals surface area contributed by atoms with Crippen LogP contribution in [0.5, 0.6) is 0 Å². The van der Waals surface area contributed by atoms with Crippen molar-refractivity contribution in [2.45, 2.75) is 58.8 Å². The SMILES string of the molecule is COC(C)(C)CCOC(CNC(C)C)c1ccc(C)cc1. The number of rotatable bonds is 9. The number of hydrogen-bond donors (Lipinski definition) is 1. The molecule has 1 unspecified atom stereocenters. The second-order valence-corrected chi connectivity index (χ2v) is 6.55. The monoisotopic (exact) mass is 293 g/mol. The van der Waals surface area contributed by atoms with E-state index in [1.807, 2.05) is 0 Å². The summed E-state index contributed by atoms with van der Waals surface area (Å²) in [4.78, 5) is 0. The fraction of sp³-hybridized carbons (Fsp3) is 0.667. The van der Waals surface area contributed by atoms with Gasteiger partial charge in [0.2, 0.25) is 0 Å². The lowest BCUT2D eigenvalue weighted by Crippen LogP contribution is -2.30. The van der Waals surface area contributed by atoms with Gasteiger partial charge in [-0.15, -0.1) is 0 Å². The summed E-state index contributed by atoms with van der Waals surface area (Å²) in [5, 5.41) is 3.46. The second-order valence-electron chi connectivity index (χ2n) is 6.55. The van der Waals surface area contributed by atoms with Gasteiger partial charge in [-0.3, -0.25) is 0 Å². The zero-order chi connectivity index (χ0) is 15.9. The highest BCUT2D eigenvalue weighted by molar-refractivity contribution is 5.23. The second kappa shape index (κ2) is 8.52. The van der Waals surface area contributed by atoms with Gasteiger partial charge in [0.1, 0.15) is 0 Å². The van der Waals surface area contributed by atoms with Crippen LogP contribution in [-0.2, 0) is 9.47 Å². The highest BCUT2D eigenvalue weighted by Crippen LogP contribution is 2.20. The van der Waals surface area contributed by atoms with Crippen molar-refractivity contribution in [3.63, 3.8) is 0 Å². The Balaban J connectivity index is 2.62. The maximum absolute atomic E-state index is 6.11. The molecule has 1 N–H and O–H groups in total. The molecule has 0 bridgehead atoms. The summed E-state index contributed by atoms with van der Waals surface area (Å²) in [5.41, 5.74) is 2.36. The van der Waals surface area contributed by atoms with Crippen molar-refractivity contribution >= 4 is 0 Å². The van der Waals surface area contributed by atoms with Crippen molar-refractivity contribution in [3.8, 4) is 0 Å². The van der Waals surface area contributed by atoms with Crippen molar-refractivity contribution in [2.75, 3.05) is 20.3 Å². The van der Waals surface area contributed by atoms with Gasteiger partial charge in [0, 0.05) is 19.7 Å². The molecule has 1 aromatic rings. The van der Waals surface area contributed by atoms with Crippen molar-refractivity contribution in [3.05, 3.63) is 35.4 Å². The lowest BCUT2D eigenvalue weighted by Gasteiger charge is -2.25. The average molecular weight is 293 g/mol. The molecule has 3 heteroatoms. The van der Waals surface area contributed by atoms with Crippen molar-refractivity contribution in [1.29, 1.82) is 0 Å². The first-order valence-electron chi connectivity index (χ1n) is 7.81. The third-order valence-electron chi connectivity index (χ3n) is 3.74. The molecule has 120 valence electrons. The Labute approximate surface area is 130 Å². The summed E-state index contributed by atoms with van der Waals surface area (Å²) in [6.07, 6.45) is 0.966. The average Bonchev–Trinajstić information content (AvgIpc) is 2.43. The van der Waals surface area contributed by atoms with E-state index in [4.69, 9.17) is 9.47 Å². The summed E-state index contributed by atoms with van der Waals surface area (Å²) >= 11 is 0. The Morgan fingerprint density at radius 3 is 2.29 bits per heavy atom. The van der Waals surface area contributed by atoms with E-state index in [-0.39, 0.29) is 11.7 Å². The number of hydrogen-bond acceptors (Lipinski definition) is 3. The van der Waals surface area contributed by atoms with E-state index in [9.17, 15) is 0 Å². The molecule has 0 spiro atoms. The zero-order valence-corrected chi connectivity index (χ0v) is 14.4. The standard InChI is InChI=1S/C18H31NO2/c1-14(2)19-13-17(16-9-7-15(3)8-10-16)21-12-11-18(4,5)20-6/h7-10,14,17,19H,11-13H2,1-6H3. The van der Waals surface area contributed by atoms with Crippen LogP contribution in [0.2, 0.25) is 0 Å². The summed E-state index contributed by atoms with van der Waals surface area (Å²) in [6.45, 7) is 12.1. The first-order valence-corrected chi connectivity index (χ1v) is 7.81. The predicted octanol–water partition coefficient (Wildman–Crippen LogP) is 3.87. The van der Waals surface area contributed by atoms with E-state index in [1.54, 1.807) is 7.11 Å². The van der Waals surface area contributed by atoms with Gasteiger partial charge in [-0.1, -0.05) is 43.7 Å². The molecule has 0 saturated heterocycles. The molecule has 21 heavy (non-hydrogen) atoms. The quantitative estimate of drug-likeness (QED) is 0.750. The number of nitrogens with one attached hydrogen (secondary N) is 1. The fourth-order valence-corrected chi connectivity index (χ4v) is 1.95. The molecule has 0 fully saturated rings. The van der Waals surface area contributed by atoms with Crippen molar-refractivity contribution in [1.82, 2.24) is 5.32 Å². The van der Waals surface area contributed by atoms with Crippen molar-refractivity contribution < 1.29 is 9.47 Å². The summed E-state index contributed by atoms with van der Waals surface area (Å²) in [5.74, 6) is 0. The molecule has 0 saturated carbocycles. The van der Waals surface area contributed by atoms with Gasteiger partial charge in [0.15, 0.2) is 0 Å². The Bertz CT molecular complexity index is 398. The van der Waals surface area contributed by atoms with E-state index in [0.717, 1.165) is 13.0 Å². The number of benzene rings is 1.